The lowest BCUT2D eigenvalue weighted by atomic mass is 9.95. The van der Waals surface area contributed by atoms with E-state index in [2.05, 4.69) is 5.32 Å². The number of anilines is 1. The van der Waals surface area contributed by atoms with Crippen molar-refractivity contribution in [2.75, 3.05) is 18.4 Å². The van der Waals surface area contributed by atoms with Crippen LogP contribution in [0.1, 0.15) is 23.2 Å². The highest BCUT2D eigenvalue weighted by Gasteiger charge is 2.29. The van der Waals surface area contributed by atoms with Crippen molar-refractivity contribution in [3.63, 3.8) is 0 Å². The molecule has 2 aromatic carbocycles. The van der Waals surface area contributed by atoms with Crippen LogP contribution in [0.2, 0.25) is 5.02 Å². The van der Waals surface area contributed by atoms with Gasteiger partial charge in [0.1, 0.15) is 11.6 Å². The van der Waals surface area contributed by atoms with Crippen molar-refractivity contribution >= 4 is 40.9 Å². The number of carbonyl (C=O) groups is 2. The van der Waals surface area contributed by atoms with Crippen LogP contribution in [0.3, 0.4) is 0 Å². The Morgan fingerprint density at radius 1 is 1.13 bits per heavy atom. The summed E-state index contributed by atoms with van der Waals surface area (Å²) in [6.45, 7) is 0.420. The van der Waals surface area contributed by atoms with Crippen LogP contribution in [-0.4, -0.2) is 35.6 Å². The molecule has 30 heavy (non-hydrogen) atoms. The number of hydrogen-bond donors (Lipinski definition) is 1. The van der Waals surface area contributed by atoms with Crippen molar-refractivity contribution in [1.82, 2.24) is 4.90 Å². The van der Waals surface area contributed by atoms with Crippen LogP contribution in [0.25, 0.3) is 0 Å². The molecule has 1 fully saturated rings. The Morgan fingerprint density at radius 3 is 2.47 bits per heavy atom. The van der Waals surface area contributed by atoms with Crippen molar-refractivity contribution in [3.8, 4) is 0 Å². The summed E-state index contributed by atoms with van der Waals surface area (Å²) in [6.07, 6.45) is 0.635. The summed E-state index contributed by atoms with van der Waals surface area (Å²) in [7, 11) is 0. The van der Waals surface area contributed by atoms with Crippen LogP contribution >= 0.6 is 23.4 Å². The summed E-state index contributed by atoms with van der Waals surface area (Å²) in [5.41, 5.74) is -0.0309. The van der Waals surface area contributed by atoms with E-state index in [1.54, 1.807) is 6.07 Å². The highest BCUT2D eigenvalue weighted by atomic mass is 35.5. The number of nitrogens with one attached hydrogen (secondary N) is 1. The average molecular weight is 461 g/mol. The average Bonchev–Trinajstić information content (AvgIpc) is 2.70. The van der Waals surface area contributed by atoms with Gasteiger partial charge in [0, 0.05) is 25.1 Å². The third-order valence-corrected chi connectivity index (χ3v) is 6.03. The normalized spacial score (nSPS) is 14.8. The van der Waals surface area contributed by atoms with Gasteiger partial charge in [-0.2, -0.15) is 8.78 Å². The first-order chi connectivity index (χ1) is 14.3. The summed E-state index contributed by atoms with van der Waals surface area (Å²) in [5.74, 6) is -5.79. The minimum atomic E-state index is -2.69. The van der Waals surface area contributed by atoms with Gasteiger partial charge in [-0.15, -0.1) is 0 Å². The summed E-state index contributed by atoms with van der Waals surface area (Å²) < 4.78 is 52.5. The molecule has 2 aromatic rings. The number of carbonyl (C=O) groups excluding carboxylic acids is 2. The third-order valence-electron chi connectivity index (χ3n) is 4.75. The molecule has 3 rings (SSSR count). The molecule has 0 aliphatic carbocycles. The lowest BCUT2D eigenvalue weighted by Gasteiger charge is -2.31. The Balaban J connectivity index is 1.62. The van der Waals surface area contributed by atoms with Crippen LogP contribution in [0.4, 0.5) is 23.2 Å². The zero-order valence-electron chi connectivity index (χ0n) is 15.5. The topological polar surface area (TPSA) is 49.4 Å². The number of alkyl halides is 2. The molecule has 0 saturated carbocycles. The molecular formula is C20H17ClF4N2O2S. The van der Waals surface area contributed by atoms with Gasteiger partial charge in [0.2, 0.25) is 5.91 Å². The SMILES string of the molecule is O=C(Nc1cccc(Cl)c1SC(F)F)C1CCN(C(=O)c2ccc(F)cc2F)CC1. The van der Waals surface area contributed by atoms with E-state index < -0.39 is 29.2 Å². The second-order valence-electron chi connectivity index (χ2n) is 6.67. The molecule has 0 spiro atoms. The van der Waals surface area contributed by atoms with Gasteiger partial charge in [-0.3, -0.25) is 9.59 Å². The van der Waals surface area contributed by atoms with Gasteiger partial charge >= 0.3 is 0 Å². The van der Waals surface area contributed by atoms with E-state index >= 15 is 0 Å². The van der Waals surface area contributed by atoms with Crippen LogP contribution in [0.5, 0.6) is 0 Å². The maximum atomic E-state index is 13.8. The Kier molecular flexibility index (Phi) is 7.25. The smallest absolute Gasteiger partial charge is 0.289 e. The molecule has 1 N–H and O–H groups in total. The number of halogens is 5. The quantitative estimate of drug-likeness (QED) is 0.478. The zero-order chi connectivity index (χ0) is 21.8. The minimum Gasteiger partial charge on any atom is -0.339 e. The Labute approximate surface area is 179 Å². The van der Waals surface area contributed by atoms with E-state index in [1.165, 1.54) is 17.0 Å². The summed E-state index contributed by atoms with van der Waals surface area (Å²) in [6, 6.07) is 7.24. The fourth-order valence-corrected chi connectivity index (χ4v) is 4.14. The Bertz CT molecular complexity index is 952. The van der Waals surface area contributed by atoms with Gasteiger partial charge in [0.25, 0.3) is 11.7 Å². The van der Waals surface area contributed by atoms with Crippen LogP contribution in [0.15, 0.2) is 41.3 Å². The number of benzene rings is 2. The Morgan fingerprint density at radius 2 is 1.83 bits per heavy atom. The Hall–Kier alpha value is -2.26. The first kappa shape index (κ1) is 22.4. The second-order valence-corrected chi connectivity index (χ2v) is 8.08. The lowest BCUT2D eigenvalue weighted by molar-refractivity contribution is -0.121. The standard InChI is InChI=1S/C20H17ClF4N2O2S/c21-14-2-1-3-16(17(14)30-20(24)25)26-18(28)11-6-8-27(9-7-11)19(29)13-5-4-12(22)10-15(13)23/h1-5,10-11,20H,6-9H2,(H,26,28). The van der Waals surface area contributed by atoms with E-state index in [9.17, 15) is 27.2 Å². The van der Waals surface area contributed by atoms with Gasteiger partial charge < -0.3 is 10.2 Å². The third kappa shape index (κ3) is 5.26. The molecule has 10 heteroatoms. The summed E-state index contributed by atoms with van der Waals surface area (Å²) >= 11 is 6.22. The molecule has 1 aliphatic rings. The predicted molar refractivity (Wildman–Crippen MR) is 107 cm³/mol. The molecule has 2 amide bonds. The fraction of sp³-hybridized carbons (Fsp3) is 0.300. The zero-order valence-corrected chi connectivity index (χ0v) is 17.1. The molecule has 0 bridgehead atoms. The molecule has 0 unspecified atom stereocenters. The monoisotopic (exact) mass is 460 g/mol. The van der Waals surface area contributed by atoms with E-state index in [0.29, 0.717) is 18.9 Å². The second kappa shape index (κ2) is 9.70. The number of piperidine rings is 1. The van der Waals surface area contributed by atoms with Gasteiger partial charge in [-0.05, 0) is 37.1 Å². The van der Waals surface area contributed by atoms with Gasteiger partial charge in [0.15, 0.2) is 0 Å². The highest BCUT2D eigenvalue weighted by molar-refractivity contribution is 7.99. The highest BCUT2D eigenvalue weighted by Crippen LogP contribution is 2.38. The van der Waals surface area contributed by atoms with Crippen LogP contribution in [-0.2, 0) is 4.79 Å². The number of nitrogens with zero attached hydrogens (tertiary/aromatic N) is 1. The molecule has 4 nitrogen and oxygen atoms in total. The molecule has 1 saturated heterocycles. The van der Waals surface area contributed by atoms with Crippen molar-refractivity contribution < 1.29 is 27.2 Å². The number of thioether (sulfide) groups is 1. The lowest BCUT2D eigenvalue weighted by Crippen LogP contribution is -2.41. The first-order valence-electron chi connectivity index (χ1n) is 9.04. The minimum absolute atomic E-state index is 0.0851. The predicted octanol–water partition coefficient (Wildman–Crippen LogP) is 5.42. The van der Waals surface area contributed by atoms with Gasteiger partial charge in [-0.25, -0.2) is 8.78 Å². The maximum absolute atomic E-state index is 13.8. The number of rotatable bonds is 5. The summed E-state index contributed by atoms with van der Waals surface area (Å²) in [5, 5.41) is 2.75. The van der Waals surface area contributed by atoms with E-state index in [0.717, 1.165) is 12.1 Å². The molecular weight excluding hydrogens is 444 g/mol. The molecule has 0 radical (unpaired) electrons. The molecule has 1 heterocycles. The van der Waals surface area contributed by atoms with Gasteiger partial charge in [0.05, 0.1) is 21.2 Å². The van der Waals surface area contributed by atoms with E-state index in [-0.39, 0.29) is 51.9 Å². The van der Waals surface area contributed by atoms with E-state index in [1.807, 2.05) is 0 Å². The van der Waals surface area contributed by atoms with Crippen LogP contribution < -0.4 is 5.32 Å². The summed E-state index contributed by atoms with van der Waals surface area (Å²) in [4.78, 5) is 26.5. The van der Waals surface area contributed by atoms with E-state index in [4.69, 9.17) is 11.6 Å². The van der Waals surface area contributed by atoms with Crippen molar-refractivity contribution in [2.45, 2.75) is 23.5 Å². The number of likely N-dealkylation sites (tertiary alicyclic amines) is 1. The van der Waals surface area contributed by atoms with Crippen molar-refractivity contribution in [1.29, 1.82) is 0 Å². The van der Waals surface area contributed by atoms with Gasteiger partial charge in [-0.1, -0.05) is 29.4 Å². The molecule has 0 atom stereocenters. The molecule has 0 aromatic heterocycles. The van der Waals surface area contributed by atoms with Crippen LogP contribution in [0, 0.1) is 17.6 Å². The number of hydrogen-bond acceptors (Lipinski definition) is 3. The molecule has 1 aliphatic heterocycles. The van der Waals surface area contributed by atoms with Crippen molar-refractivity contribution in [2.24, 2.45) is 5.92 Å². The van der Waals surface area contributed by atoms with Crippen molar-refractivity contribution in [3.05, 3.63) is 58.6 Å². The largest absolute Gasteiger partial charge is 0.339 e. The molecule has 160 valence electrons. The first-order valence-corrected chi connectivity index (χ1v) is 10.3. The maximum Gasteiger partial charge on any atom is 0.289 e. The fourth-order valence-electron chi connectivity index (χ4n) is 3.23. The number of amides is 2.